The van der Waals surface area contributed by atoms with Gasteiger partial charge in [0.05, 0.1) is 6.10 Å². The molecule has 0 aromatic heterocycles. The van der Waals surface area contributed by atoms with E-state index in [0.29, 0.717) is 0 Å². The maximum Gasteiger partial charge on any atom is 0.0787 e. The third-order valence-electron chi connectivity index (χ3n) is 3.44. The van der Waals surface area contributed by atoms with Crippen molar-refractivity contribution >= 4 is 11.4 Å². The average molecular weight is 255 g/mol. The van der Waals surface area contributed by atoms with Crippen molar-refractivity contribution in [3.63, 3.8) is 0 Å². The molecule has 0 saturated heterocycles. The number of aliphatic hydroxyl groups excluding tert-OH is 1. The second-order valence-electron chi connectivity index (χ2n) is 4.91. The van der Waals surface area contributed by atoms with Crippen molar-refractivity contribution in [3.05, 3.63) is 59.7 Å². The van der Waals surface area contributed by atoms with Crippen LogP contribution in [0.1, 0.15) is 30.6 Å². The molecule has 19 heavy (non-hydrogen) atoms. The molecule has 0 amide bonds. The number of nitrogens with zero attached hydrogens (tertiary/aromatic N) is 1. The molecule has 0 radical (unpaired) electrons. The lowest BCUT2D eigenvalue weighted by atomic mass is 10.1. The van der Waals surface area contributed by atoms with Crippen LogP contribution in [0.4, 0.5) is 11.4 Å². The van der Waals surface area contributed by atoms with Crippen LogP contribution >= 0.6 is 0 Å². The molecule has 2 nitrogen and oxygen atoms in total. The standard InChI is InChI=1S/C17H21NO/c1-4-17(19)14-8-10-15(11-9-14)18(3)16-7-5-6-13(2)12-16/h5-12,17,19H,4H2,1-3H3/t17-/m0/s1. The summed E-state index contributed by atoms with van der Waals surface area (Å²) in [6, 6.07) is 16.5. The third-order valence-corrected chi connectivity index (χ3v) is 3.44. The first kappa shape index (κ1) is 13.6. The van der Waals surface area contributed by atoms with E-state index in [-0.39, 0.29) is 6.10 Å². The predicted molar refractivity (Wildman–Crippen MR) is 80.9 cm³/mol. The van der Waals surface area contributed by atoms with Crippen molar-refractivity contribution in [1.82, 2.24) is 0 Å². The molecule has 0 bridgehead atoms. The quantitative estimate of drug-likeness (QED) is 0.884. The smallest absolute Gasteiger partial charge is 0.0787 e. The molecule has 0 aliphatic carbocycles. The Kier molecular flexibility index (Phi) is 4.23. The molecule has 2 aromatic rings. The van der Waals surface area contributed by atoms with E-state index in [9.17, 15) is 5.11 Å². The van der Waals surface area contributed by atoms with Gasteiger partial charge < -0.3 is 10.0 Å². The largest absolute Gasteiger partial charge is 0.388 e. The molecular weight excluding hydrogens is 234 g/mol. The second kappa shape index (κ2) is 5.89. The second-order valence-corrected chi connectivity index (χ2v) is 4.91. The van der Waals surface area contributed by atoms with Crippen LogP contribution in [0.3, 0.4) is 0 Å². The van der Waals surface area contributed by atoms with E-state index >= 15 is 0 Å². The number of aliphatic hydroxyl groups is 1. The lowest BCUT2D eigenvalue weighted by Crippen LogP contribution is -2.09. The maximum atomic E-state index is 9.80. The van der Waals surface area contributed by atoms with Crippen LogP contribution in [0.15, 0.2) is 48.5 Å². The van der Waals surface area contributed by atoms with Gasteiger partial charge >= 0.3 is 0 Å². The van der Waals surface area contributed by atoms with Crippen LogP contribution in [-0.2, 0) is 0 Å². The van der Waals surface area contributed by atoms with E-state index in [1.165, 1.54) is 11.3 Å². The SMILES string of the molecule is CC[C@H](O)c1ccc(N(C)c2cccc(C)c2)cc1. The molecule has 2 aromatic carbocycles. The van der Waals surface area contributed by atoms with Crippen LogP contribution in [0.25, 0.3) is 0 Å². The van der Waals surface area contributed by atoms with Crippen LogP contribution in [-0.4, -0.2) is 12.2 Å². The lowest BCUT2D eigenvalue weighted by Gasteiger charge is -2.20. The van der Waals surface area contributed by atoms with Crippen molar-refractivity contribution < 1.29 is 5.11 Å². The third kappa shape index (κ3) is 3.15. The van der Waals surface area contributed by atoms with Gasteiger partial charge in [-0.1, -0.05) is 31.2 Å². The number of hydrogen-bond acceptors (Lipinski definition) is 2. The van der Waals surface area contributed by atoms with Gasteiger partial charge in [-0.15, -0.1) is 0 Å². The fourth-order valence-corrected chi connectivity index (χ4v) is 2.14. The van der Waals surface area contributed by atoms with Crippen molar-refractivity contribution in [2.45, 2.75) is 26.4 Å². The number of anilines is 2. The molecule has 0 fully saturated rings. The van der Waals surface area contributed by atoms with E-state index in [1.54, 1.807) is 0 Å². The van der Waals surface area contributed by atoms with Crippen LogP contribution in [0.5, 0.6) is 0 Å². The van der Waals surface area contributed by atoms with E-state index in [0.717, 1.165) is 17.7 Å². The van der Waals surface area contributed by atoms with Gasteiger partial charge in [0, 0.05) is 18.4 Å². The van der Waals surface area contributed by atoms with Gasteiger partial charge in [0.1, 0.15) is 0 Å². The monoisotopic (exact) mass is 255 g/mol. The normalized spacial score (nSPS) is 12.2. The Labute approximate surface area is 115 Å². The van der Waals surface area contributed by atoms with E-state index < -0.39 is 0 Å². The van der Waals surface area contributed by atoms with Crippen molar-refractivity contribution in [2.75, 3.05) is 11.9 Å². The zero-order valence-electron chi connectivity index (χ0n) is 11.8. The number of hydrogen-bond donors (Lipinski definition) is 1. The molecule has 0 aliphatic rings. The highest BCUT2D eigenvalue weighted by Gasteiger charge is 2.07. The first-order chi connectivity index (χ1) is 9.11. The summed E-state index contributed by atoms with van der Waals surface area (Å²) in [5, 5.41) is 9.80. The molecular formula is C17H21NO. The average Bonchev–Trinajstić information content (AvgIpc) is 2.46. The molecule has 100 valence electrons. The molecule has 0 unspecified atom stereocenters. The summed E-state index contributed by atoms with van der Waals surface area (Å²) in [5.74, 6) is 0. The highest BCUT2D eigenvalue weighted by Crippen LogP contribution is 2.26. The Morgan fingerprint density at radius 3 is 2.32 bits per heavy atom. The minimum atomic E-state index is -0.363. The topological polar surface area (TPSA) is 23.5 Å². The summed E-state index contributed by atoms with van der Waals surface area (Å²) in [5.41, 5.74) is 4.52. The van der Waals surface area contributed by atoms with Crippen molar-refractivity contribution in [1.29, 1.82) is 0 Å². The van der Waals surface area contributed by atoms with Crippen LogP contribution in [0.2, 0.25) is 0 Å². The Bertz CT molecular complexity index is 533. The Morgan fingerprint density at radius 2 is 1.74 bits per heavy atom. The zero-order valence-corrected chi connectivity index (χ0v) is 11.8. The fourth-order valence-electron chi connectivity index (χ4n) is 2.14. The van der Waals surface area contributed by atoms with Gasteiger partial charge in [0.2, 0.25) is 0 Å². The van der Waals surface area contributed by atoms with Crippen molar-refractivity contribution in [3.8, 4) is 0 Å². The Morgan fingerprint density at radius 1 is 1.05 bits per heavy atom. The zero-order chi connectivity index (χ0) is 13.8. The fraction of sp³-hybridized carbons (Fsp3) is 0.294. The Balaban J connectivity index is 2.22. The van der Waals surface area contributed by atoms with E-state index in [4.69, 9.17) is 0 Å². The highest BCUT2D eigenvalue weighted by molar-refractivity contribution is 5.63. The van der Waals surface area contributed by atoms with Gasteiger partial charge in [-0.3, -0.25) is 0 Å². The molecule has 0 saturated carbocycles. The first-order valence-corrected chi connectivity index (χ1v) is 6.70. The van der Waals surface area contributed by atoms with Gasteiger partial charge in [-0.2, -0.15) is 0 Å². The summed E-state index contributed by atoms with van der Waals surface area (Å²) in [6.07, 6.45) is 0.380. The van der Waals surface area contributed by atoms with Gasteiger partial charge in [-0.25, -0.2) is 0 Å². The number of aryl methyl sites for hydroxylation is 1. The van der Waals surface area contributed by atoms with Crippen molar-refractivity contribution in [2.24, 2.45) is 0 Å². The summed E-state index contributed by atoms with van der Waals surface area (Å²) in [4.78, 5) is 2.15. The minimum Gasteiger partial charge on any atom is -0.388 e. The lowest BCUT2D eigenvalue weighted by molar-refractivity contribution is 0.173. The molecule has 1 N–H and O–H groups in total. The molecule has 1 atom stereocenters. The number of rotatable bonds is 4. The summed E-state index contributed by atoms with van der Waals surface area (Å²) >= 11 is 0. The minimum absolute atomic E-state index is 0.363. The van der Waals surface area contributed by atoms with Gasteiger partial charge in [-0.05, 0) is 48.7 Å². The first-order valence-electron chi connectivity index (χ1n) is 6.70. The van der Waals surface area contributed by atoms with Gasteiger partial charge in [0.25, 0.3) is 0 Å². The Hall–Kier alpha value is -1.80. The molecule has 0 heterocycles. The van der Waals surface area contributed by atoms with E-state index in [2.05, 4.69) is 55.3 Å². The van der Waals surface area contributed by atoms with Gasteiger partial charge in [0.15, 0.2) is 0 Å². The molecule has 2 rings (SSSR count). The number of benzene rings is 2. The summed E-state index contributed by atoms with van der Waals surface area (Å²) < 4.78 is 0. The van der Waals surface area contributed by atoms with Crippen LogP contribution in [0, 0.1) is 6.92 Å². The maximum absolute atomic E-state index is 9.80. The van der Waals surface area contributed by atoms with Crippen LogP contribution < -0.4 is 4.90 Å². The highest BCUT2D eigenvalue weighted by atomic mass is 16.3. The predicted octanol–water partition coefficient (Wildman–Crippen LogP) is 4.21. The molecule has 0 spiro atoms. The summed E-state index contributed by atoms with van der Waals surface area (Å²) in [7, 11) is 2.06. The molecule has 2 heteroatoms. The molecule has 0 aliphatic heterocycles. The van der Waals surface area contributed by atoms with E-state index in [1.807, 2.05) is 19.1 Å². The summed E-state index contributed by atoms with van der Waals surface area (Å²) in [6.45, 7) is 4.08.